The van der Waals surface area contributed by atoms with E-state index in [1.807, 2.05) is 23.9 Å². The van der Waals surface area contributed by atoms with Crippen LogP contribution in [0.4, 0.5) is 5.69 Å². The van der Waals surface area contributed by atoms with Crippen molar-refractivity contribution in [2.24, 2.45) is 5.73 Å². The smallest absolute Gasteiger partial charge is 0.275 e. The van der Waals surface area contributed by atoms with Crippen LogP contribution in [0.15, 0.2) is 23.6 Å². The zero-order valence-electron chi connectivity index (χ0n) is 14.5. The minimum absolute atomic E-state index is 0.158. The van der Waals surface area contributed by atoms with Gasteiger partial charge in [-0.3, -0.25) is 9.69 Å². The van der Waals surface area contributed by atoms with Gasteiger partial charge in [-0.1, -0.05) is 12.1 Å². The topological polar surface area (TPSA) is 71.2 Å². The molecule has 0 atom stereocenters. The van der Waals surface area contributed by atoms with Crippen molar-refractivity contribution in [3.05, 3.63) is 45.4 Å². The second kappa shape index (κ2) is 8.80. The Hall–Kier alpha value is -1.41. The summed E-state index contributed by atoms with van der Waals surface area (Å²) < 4.78 is 0. The van der Waals surface area contributed by atoms with Crippen molar-refractivity contribution in [2.45, 2.75) is 19.9 Å². The van der Waals surface area contributed by atoms with E-state index in [0.29, 0.717) is 18.7 Å². The lowest BCUT2D eigenvalue weighted by Crippen LogP contribution is -2.32. The maximum Gasteiger partial charge on any atom is 0.275 e. The Balaban J connectivity index is 1.69. The number of rotatable bonds is 6. The van der Waals surface area contributed by atoms with Crippen molar-refractivity contribution in [3.8, 4) is 0 Å². The SMILES string of the molecule is Cc1c(CN2CCSCC2)cccc1NC(=O)c1csc(CCN)n1. The molecule has 0 unspecified atom stereocenters. The van der Waals surface area contributed by atoms with Crippen molar-refractivity contribution >= 4 is 34.7 Å². The van der Waals surface area contributed by atoms with Gasteiger partial charge in [0.15, 0.2) is 0 Å². The molecule has 3 rings (SSSR count). The molecule has 1 aromatic carbocycles. The molecule has 0 bridgehead atoms. The summed E-state index contributed by atoms with van der Waals surface area (Å²) in [5.74, 6) is 2.24. The molecule has 25 heavy (non-hydrogen) atoms. The summed E-state index contributed by atoms with van der Waals surface area (Å²) in [5, 5.41) is 5.71. The molecule has 0 radical (unpaired) electrons. The van der Waals surface area contributed by atoms with E-state index in [0.717, 1.165) is 35.9 Å². The number of hydrogen-bond donors (Lipinski definition) is 2. The summed E-state index contributed by atoms with van der Waals surface area (Å²) in [4.78, 5) is 19.3. The van der Waals surface area contributed by atoms with Crippen molar-refractivity contribution in [1.82, 2.24) is 9.88 Å². The standard InChI is InChI=1S/C18H24N4OS2/c1-13-14(11-22-7-9-24-10-8-22)3-2-4-15(13)21-18(23)16-12-25-17(20-16)5-6-19/h2-4,12H,5-11,19H2,1H3,(H,21,23). The maximum absolute atomic E-state index is 12.5. The van der Waals surface area contributed by atoms with Gasteiger partial charge in [0, 0.05) is 48.6 Å². The molecule has 1 amide bonds. The molecule has 2 heterocycles. The van der Waals surface area contributed by atoms with Crippen LogP contribution in [-0.2, 0) is 13.0 Å². The number of carbonyl (C=O) groups excluding carboxylic acids is 1. The molecule has 1 fully saturated rings. The lowest BCUT2D eigenvalue weighted by atomic mass is 10.1. The Labute approximate surface area is 157 Å². The van der Waals surface area contributed by atoms with E-state index >= 15 is 0 Å². The number of thiazole rings is 1. The number of thioether (sulfide) groups is 1. The highest BCUT2D eigenvalue weighted by atomic mass is 32.2. The molecule has 5 nitrogen and oxygen atoms in total. The number of carbonyl (C=O) groups is 1. The van der Waals surface area contributed by atoms with Gasteiger partial charge >= 0.3 is 0 Å². The third kappa shape index (κ3) is 4.82. The van der Waals surface area contributed by atoms with E-state index in [4.69, 9.17) is 5.73 Å². The van der Waals surface area contributed by atoms with Gasteiger partial charge in [0.1, 0.15) is 5.69 Å². The zero-order valence-corrected chi connectivity index (χ0v) is 16.1. The van der Waals surface area contributed by atoms with Crippen LogP contribution in [0, 0.1) is 6.92 Å². The molecule has 1 aromatic heterocycles. The highest BCUT2D eigenvalue weighted by Gasteiger charge is 2.15. The third-order valence-electron chi connectivity index (χ3n) is 4.33. The van der Waals surface area contributed by atoms with Gasteiger partial charge in [0.05, 0.1) is 5.01 Å². The van der Waals surface area contributed by atoms with Crippen LogP contribution in [0.25, 0.3) is 0 Å². The Bertz CT molecular complexity index is 726. The van der Waals surface area contributed by atoms with Crippen LogP contribution in [0.1, 0.15) is 26.6 Å². The van der Waals surface area contributed by atoms with Gasteiger partial charge in [0.25, 0.3) is 5.91 Å². The number of nitrogens with one attached hydrogen (secondary N) is 1. The van der Waals surface area contributed by atoms with Gasteiger partial charge < -0.3 is 11.1 Å². The van der Waals surface area contributed by atoms with E-state index in [1.165, 1.54) is 28.4 Å². The first-order chi connectivity index (χ1) is 12.2. The van der Waals surface area contributed by atoms with Crippen LogP contribution < -0.4 is 11.1 Å². The second-order valence-electron chi connectivity index (χ2n) is 6.10. The molecule has 1 aliphatic rings. The largest absolute Gasteiger partial charge is 0.330 e. The minimum Gasteiger partial charge on any atom is -0.330 e. The highest BCUT2D eigenvalue weighted by Crippen LogP contribution is 2.22. The fraction of sp³-hybridized carbons (Fsp3) is 0.444. The van der Waals surface area contributed by atoms with Gasteiger partial charge in [-0.25, -0.2) is 4.98 Å². The first kappa shape index (κ1) is 18.4. The lowest BCUT2D eigenvalue weighted by molar-refractivity contribution is 0.102. The van der Waals surface area contributed by atoms with E-state index in [1.54, 1.807) is 5.38 Å². The monoisotopic (exact) mass is 376 g/mol. The number of aromatic nitrogens is 1. The maximum atomic E-state index is 12.5. The zero-order chi connectivity index (χ0) is 17.6. The first-order valence-corrected chi connectivity index (χ1v) is 10.5. The van der Waals surface area contributed by atoms with Crippen molar-refractivity contribution in [3.63, 3.8) is 0 Å². The Kier molecular flexibility index (Phi) is 6.47. The fourth-order valence-corrected chi connectivity index (χ4v) is 4.60. The van der Waals surface area contributed by atoms with Crippen molar-refractivity contribution in [2.75, 3.05) is 36.5 Å². The molecule has 0 saturated carbocycles. The summed E-state index contributed by atoms with van der Waals surface area (Å²) >= 11 is 3.50. The number of hydrogen-bond acceptors (Lipinski definition) is 6. The molecule has 0 aliphatic carbocycles. The number of amides is 1. The van der Waals surface area contributed by atoms with Crippen LogP contribution >= 0.6 is 23.1 Å². The molecule has 7 heteroatoms. The van der Waals surface area contributed by atoms with Gasteiger partial charge in [0.2, 0.25) is 0 Å². The summed E-state index contributed by atoms with van der Waals surface area (Å²) in [6.45, 7) is 5.82. The molecular formula is C18H24N4OS2. The molecule has 1 aliphatic heterocycles. The van der Waals surface area contributed by atoms with Crippen LogP contribution in [0.2, 0.25) is 0 Å². The molecule has 3 N–H and O–H groups in total. The normalized spacial score (nSPS) is 15.3. The van der Waals surface area contributed by atoms with E-state index in [-0.39, 0.29) is 5.91 Å². The number of benzene rings is 1. The summed E-state index contributed by atoms with van der Waals surface area (Å²) in [5.41, 5.74) is 9.27. The summed E-state index contributed by atoms with van der Waals surface area (Å²) in [6, 6.07) is 6.11. The van der Waals surface area contributed by atoms with E-state index in [9.17, 15) is 4.79 Å². The van der Waals surface area contributed by atoms with E-state index in [2.05, 4.69) is 28.2 Å². The van der Waals surface area contributed by atoms with Gasteiger partial charge in [-0.2, -0.15) is 11.8 Å². The Morgan fingerprint density at radius 1 is 1.36 bits per heavy atom. The van der Waals surface area contributed by atoms with Crippen molar-refractivity contribution < 1.29 is 4.79 Å². The Morgan fingerprint density at radius 2 is 2.16 bits per heavy atom. The molecule has 0 spiro atoms. The fourth-order valence-electron chi connectivity index (χ4n) is 2.83. The summed E-state index contributed by atoms with van der Waals surface area (Å²) in [6.07, 6.45) is 0.709. The summed E-state index contributed by atoms with van der Waals surface area (Å²) in [7, 11) is 0. The van der Waals surface area contributed by atoms with Crippen LogP contribution in [-0.4, -0.2) is 46.9 Å². The number of nitrogens with two attached hydrogens (primary N) is 1. The average molecular weight is 377 g/mol. The van der Waals surface area contributed by atoms with Crippen molar-refractivity contribution in [1.29, 1.82) is 0 Å². The second-order valence-corrected chi connectivity index (χ2v) is 8.26. The van der Waals surface area contributed by atoms with Crippen LogP contribution in [0.3, 0.4) is 0 Å². The predicted molar refractivity (Wildman–Crippen MR) is 107 cm³/mol. The average Bonchev–Trinajstić information content (AvgIpc) is 3.08. The quantitative estimate of drug-likeness (QED) is 0.811. The number of anilines is 1. The van der Waals surface area contributed by atoms with E-state index < -0.39 is 0 Å². The van der Waals surface area contributed by atoms with Gasteiger partial charge in [-0.05, 0) is 30.7 Å². The third-order valence-corrected chi connectivity index (χ3v) is 6.19. The first-order valence-electron chi connectivity index (χ1n) is 8.52. The molecule has 2 aromatic rings. The molecular weight excluding hydrogens is 352 g/mol. The highest BCUT2D eigenvalue weighted by molar-refractivity contribution is 7.99. The predicted octanol–water partition coefficient (Wildman–Crippen LogP) is 2.75. The van der Waals surface area contributed by atoms with Gasteiger partial charge in [-0.15, -0.1) is 11.3 Å². The number of nitrogens with zero attached hydrogens (tertiary/aromatic N) is 2. The lowest BCUT2D eigenvalue weighted by Gasteiger charge is -2.27. The Morgan fingerprint density at radius 3 is 2.92 bits per heavy atom. The molecule has 134 valence electrons. The minimum atomic E-state index is -0.158. The van der Waals surface area contributed by atoms with Crippen LogP contribution in [0.5, 0.6) is 0 Å². The molecule has 1 saturated heterocycles.